The summed E-state index contributed by atoms with van der Waals surface area (Å²) in [5.74, 6) is -1.98. The summed E-state index contributed by atoms with van der Waals surface area (Å²) < 4.78 is 10.6. The van der Waals surface area contributed by atoms with E-state index in [9.17, 15) is 14.4 Å². The molecule has 1 rings (SSSR count). The van der Waals surface area contributed by atoms with E-state index in [0.717, 1.165) is 0 Å². The summed E-state index contributed by atoms with van der Waals surface area (Å²) in [5, 5.41) is 0. The molecule has 1 heterocycles. The van der Waals surface area contributed by atoms with E-state index in [-0.39, 0.29) is 11.2 Å². The van der Waals surface area contributed by atoms with E-state index in [1.54, 1.807) is 13.8 Å². The van der Waals surface area contributed by atoms with Crippen LogP contribution in [0.3, 0.4) is 0 Å². The summed E-state index contributed by atoms with van der Waals surface area (Å²) in [6.45, 7) is 10.4. The molecule has 1 unspecified atom stereocenters. The van der Waals surface area contributed by atoms with Crippen molar-refractivity contribution in [3.05, 3.63) is 0 Å². The number of nitrogens with zero attached hydrogens (tertiary/aromatic N) is 1. The Bertz CT molecular complexity index is 440. The first-order valence-electron chi connectivity index (χ1n) is 7.08. The van der Waals surface area contributed by atoms with Crippen LogP contribution in [0.4, 0.5) is 0 Å². The van der Waals surface area contributed by atoms with Crippen LogP contribution in [0.25, 0.3) is 0 Å². The Morgan fingerprint density at radius 1 is 1.24 bits per heavy atom. The maximum atomic E-state index is 12.6. The van der Waals surface area contributed by atoms with E-state index >= 15 is 0 Å². The molecule has 0 N–H and O–H groups in total. The quantitative estimate of drug-likeness (QED) is 0.581. The van der Waals surface area contributed by atoms with Crippen molar-refractivity contribution >= 4 is 17.7 Å². The standard InChI is InChI=1S/C15H25NO5/c1-8(9(2)17)12(18)16-11(13(19)20-7)10(3)21-14(16)15(4,5)6/h8,10-11,14H,1-7H3/t8?,10-,11+,14-/m1/s1. The molecule has 1 saturated heterocycles. The predicted octanol–water partition coefficient (Wildman–Crippen LogP) is 1.37. The van der Waals surface area contributed by atoms with Crippen LogP contribution in [0, 0.1) is 11.3 Å². The number of carbonyl (C=O) groups excluding carboxylic acids is 3. The number of rotatable bonds is 3. The van der Waals surface area contributed by atoms with Crippen molar-refractivity contribution in [2.75, 3.05) is 7.11 Å². The van der Waals surface area contributed by atoms with Gasteiger partial charge < -0.3 is 9.47 Å². The lowest BCUT2D eigenvalue weighted by Crippen LogP contribution is -2.53. The Morgan fingerprint density at radius 3 is 2.14 bits per heavy atom. The van der Waals surface area contributed by atoms with Crippen molar-refractivity contribution in [1.29, 1.82) is 0 Å². The molecule has 6 heteroatoms. The summed E-state index contributed by atoms with van der Waals surface area (Å²) in [5.41, 5.74) is -0.386. The Labute approximate surface area is 125 Å². The minimum Gasteiger partial charge on any atom is -0.467 e. The molecule has 1 aliphatic rings. The van der Waals surface area contributed by atoms with Gasteiger partial charge in [0, 0.05) is 5.41 Å². The Hall–Kier alpha value is -1.43. The third-order valence-electron chi connectivity index (χ3n) is 3.76. The average molecular weight is 299 g/mol. The second-order valence-corrected chi connectivity index (χ2v) is 6.61. The van der Waals surface area contributed by atoms with E-state index in [1.165, 1.54) is 18.9 Å². The Kier molecular flexibility index (Phi) is 5.15. The van der Waals surface area contributed by atoms with Gasteiger partial charge in [-0.25, -0.2) is 4.79 Å². The molecular weight excluding hydrogens is 274 g/mol. The molecule has 0 saturated carbocycles. The number of esters is 1. The summed E-state index contributed by atoms with van der Waals surface area (Å²) >= 11 is 0. The highest BCUT2D eigenvalue weighted by molar-refractivity contribution is 6.01. The summed E-state index contributed by atoms with van der Waals surface area (Å²) in [4.78, 5) is 37.6. The van der Waals surface area contributed by atoms with E-state index < -0.39 is 36.2 Å². The van der Waals surface area contributed by atoms with Crippen LogP contribution in [-0.2, 0) is 23.9 Å². The van der Waals surface area contributed by atoms with Crippen molar-refractivity contribution in [1.82, 2.24) is 4.90 Å². The van der Waals surface area contributed by atoms with E-state index in [4.69, 9.17) is 9.47 Å². The second-order valence-electron chi connectivity index (χ2n) is 6.61. The van der Waals surface area contributed by atoms with Gasteiger partial charge in [-0.1, -0.05) is 20.8 Å². The van der Waals surface area contributed by atoms with Crippen molar-refractivity contribution in [3.63, 3.8) is 0 Å². The molecule has 0 aromatic carbocycles. The smallest absolute Gasteiger partial charge is 0.331 e. The van der Waals surface area contributed by atoms with E-state index in [1.807, 2.05) is 20.8 Å². The molecule has 0 aliphatic carbocycles. The molecule has 120 valence electrons. The summed E-state index contributed by atoms with van der Waals surface area (Å²) in [7, 11) is 1.27. The Balaban J connectivity index is 3.23. The van der Waals surface area contributed by atoms with E-state index in [0.29, 0.717) is 0 Å². The molecule has 21 heavy (non-hydrogen) atoms. The minimum absolute atomic E-state index is 0.240. The number of ether oxygens (including phenoxy) is 2. The fraction of sp³-hybridized carbons (Fsp3) is 0.800. The van der Waals surface area contributed by atoms with Gasteiger partial charge >= 0.3 is 5.97 Å². The van der Waals surface area contributed by atoms with Crippen LogP contribution in [-0.4, -0.2) is 48.0 Å². The first-order valence-corrected chi connectivity index (χ1v) is 7.08. The van der Waals surface area contributed by atoms with Gasteiger partial charge in [0.25, 0.3) is 0 Å². The number of ketones is 1. The number of hydrogen-bond acceptors (Lipinski definition) is 5. The molecule has 0 spiro atoms. The second kappa shape index (κ2) is 6.13. The van der Waals surface area contributed by atoms with Crippen LogP contribution in [0.5, 0.6) is 0 Å². The van der Waals surface area contributed by atoms with Crippen molar-refractivity contribution in [3.8, 4) is 0 Å². The molecule has 0 aromatic heterocycles. The van der Waals surface area contributed by atoms with Gasteiger partial charge in [-0.2, -0.15) is 0 Å². The maximum absolute atomic E-state index is 12.6. The number of hydrogen-bond donors (Lipinski definition) is 0. The largest absolute Gasteiger partial charge is 0.467 e. The van der Waals surface area contributed by atoms with Crippen molar-refractivity contribution < 1.29 is 23.9 Å². The first-order chi connectivity index (χ1) is 9.52. The third kappa shape index (κ3) is 3.43. The molecule has 6 nitrogen and oxygen atoms in total. The lowest BCUT2D eigenvalue weighted by atomic mass is 9.92. The van der Waals surface area contributed by atoms with Gasteiger partial charge in [0.2, 0.25) is 5.91 Å². The topological polar surface area (TPSA) is 72.9 Å². The first kappa shape index (κ1) is 17.6. The maximum Gasteiger partial charge on any atom is 0.331 e. The van der Waals surface area contributed by atoms with Crippen LogP contribution >= 0.6 is 0 Å². The normalized spacial score (nSPS) is 27.4. The number of amides is 1. The molecular formula is C15H25NO5. The van der Waals surface area contributed by atoms with Crippen molar-refractivity contribution in [2.24, 2.45) is 11.3 Å². The minimum atomic E-state index is -0.825. The molecule has 0 radical (unpaired) electrons. The fourth-order valence-electron chi connectivity index (χ4n) is 2.41. The number of Topliss-reactive ketones (excluding diaryl/α,β-unsaturated/α-hetero) is 1. The highest BCUT2D eigenvalue weighted by Gasteiger charge is 2.52. The molecule has 1 aliphatic heterocycles. The van der Waals surface area contributed by atoms with Crippen LogP contribution in [0.2, 0.25) is 0 Å². The van der Waals surface area contributed by atoms with Gasteiger partial charge in [-0.05, 0) is 20.8 Å². The third-order valence-corrected chi connectivity index (χ3v) is 3.76. The zero-order valence-electron chi connectivity index (χ0n) is 13.8. The zero-order chi connectivity index (χ0) is 16.5. The monoisotopic (exact) mass is 299 g/mol. The fourth-order valence-corrected chi connectivity index (χ4v) is 2.41. The SMILES string of the molecule is COC(=O)[C@@H]1[C@@H](C)O[C@H](C(C)(C)C)N1C(=O)C(C)C(C)=O. The molecule has 4 atom stereocenters. The number of carbonyl (C=O) groups is 3. The molecule has 1 fully saturated rings. The molecule has 0 bridgehead atoms. The van der Waals surface area contributed by atoms with Gasteiger partial charge in [-0.3, -0.25) is 14.5 Å². The lowest BCUT2D eigenvalue weighted by molar-refractivity contribution is -0.159. The summed E-state index contributed by atoms with van der Waals surface area (Å²) in [6.07, 6.45) is -1.06. The summed E-state index contributed by atoms with van der Waals surface area (Å²) in [6, 6.07) is -0.825. The van der Waals surface area contributed by atoms with Gasteiger partial charge in [-0.15, -0.1) is 0 Å². The van der Waals surface area contributed by atoms with Gasteiger partial charge in [0.05, 0.1) is 19.1 Å². The molecule has 1 amide bonds. The highest BCUT2D eigenvalue weighted by Crippen LogP contribution is 2.36. The van der Waals surface area contributed by atoms with Crippen LogP contribution < -0.4 is 0 Å². The van der Waals surface area contributed by atoms with E-state index in [2.05, 4.69) is 0 Å². The van der Waals surface area contributed by atoms with Crippen molar-refractivity contribution in [2.45, 2.75) is 59.9 Å². The average Bonchev–Trinajstić information content (AvgIpc) is 2.73. The van der Waals surface area contributed by atoms with Crippen LogP contribution in [0.15, 0.2) is 0 Å². The zero-order valence-corrected chi connectivity index (χ0v) is 13.8. The van der Waals surface area contributed by atoms with Gasteiger partial charge in [0.15, 0.2) is 6.04 Å². The highest BCUT2D eigenvalue weighted by atomic mass is 16.6. The molecule has 0 aromatic rings. The predicted molar refractivity (Wildman–Crippen MR) is 76.3 cm³/mol. The Morgan fingerprint density at radius 2 is 1.76 bits per heavy atom. The van der Waals surface area contributed by atoms with Crippen LogP contribution in [0.1, 0.15) is 41.5 Å². The lowest BCUT2D eigenvalue weighted by Gasteiger charge is -2.36. The van der Waals surface area contributed by atoms with Gasteiger partial charge in [0.1, 0.15) is 12.0 Å². The number of methoxy groups -OCH3 is 1.